The largest absolute Gasteiger partial charge is 0.345 e. The standard InChI is InChI=1S/C21H24BN3O5/c1-12(2)17(19(28)24-16(10-11-26)18(22)27)25-21(30)20(29)23-15-9-5-7-13-6-3-4-8-14(13)15/h3-9,11-12,16-17H,10,22H2,1-2H3,(H,23,29)(H,24,28)(H,25,30)/t16-,17-/m0/s1. The normalized spacial score (nSPS) is 12.6. The number of amides is 3. The molecule has 0 aliphatic carbocycles. The fraction of sp³-hybridized carbons (Fsp3) is 0.286. The first-order chi connectivity index (χ1) is 14.2. The van der Waals surface area contributed by atoms with Crippen molar-refractivity contribution in [1.82, 2.24) is 10.6 Å². The summed E-state index contributed by atoms with van der Waals surface area (Å²) in [6.45, 7) is 3.38. The Balaban J connectivity index is 2.10. The molecule has 3 amide bonds. The number of hydrogen-bond acceptors (Lipinski definition) is 5. The van der Waals surface area contributed by atoms with E-state index in [0.29, 0.717) is 12.0 Å². The van der Waals surface area contributed by atoms with Crippen LogP contribution in [0.4, 0.5) is 5.69 Å². The zero-order valence-corrected chi connectivity index (χ0v) is 17.1. The Bertz CT molecular complexity index is 971. The number of hydrogen-bond donors (Lipinski definition) is 3. The summed E-state index contributed by atoms with van der Waals surface area (Å²) in [6.07, 6.45) is 0.369. The predicted octanol–water partition coefficient (Wildman–Crippen LogP) is 0.153. The summed E-state index contributed by atoms with van der Waals surface area (Å²) in [5, 5.41) is 9.10. The van der Waals surface area contributed by atoms with Gasteiger partial charge in [0.15, 0.2) is 7.85 Å². The second-order valence-electron chi connectivity index (χ2n) is 7.25. The monoisotopic (exact) mass is 409 g/mol. The molecule has 0 radical (unpaired) electrons. The van der Waals surface area contributed by atoms with Crippen LogP contribution in [0.5, 0.6) is 0 Å². The van der Waals surface area contributed by atoms with Crippen LogP contribution in [0.2, 0.25) is 0 Å². The predicted molar refractivity (Wildman–Crippen MR) is 116 cm³/mol. The van der Waals surface area contributed by atoms with Gasteiger partial charge in [-0.2, -0.15) is 0 Å². The van der Waals surface area contributed by atoms with Crippen LogP contribution in [0.25, 0.3) is 10.8 Å². The highest BCUT2D eigenvalue weighted by Gasteiger charge is 2.29. The van der Waals surface area contributed by atoms with E-state index in [9.17, 15) is 24.0 Å². The SMILES string of the molecule is BC(=O)[C@H](CC=O)NC(=O)[C@@H](NC(=O)C(=O)Nc1cccc2ccccc12)C(C)C. The minimum atomic E-state index is -1.05. The molecule has 0 saturated carbocycles. The smallest absolute Gasteiger partial charge is 0.313 e. The Morgan fingerprint density at radius 3 is 2.27 bits per heavy atom. The van der Waals surface area contributed by atoms with Crippen LogP contribution >= 0.6 is 0 Å². The van der Waals surface area contributed by atoms with Crippen molar-refractivity contribution in [2.75, 3.05) is 5.32 Å². The van der Waals surface area contributed by atoms with Crippen molar-refractivity contribution in [2.45, 2.75) is 32.4 Å². The van der Waals surface area contributed by atoms with Crippen molar-refractivity contribution in [1.29, 1.82) is 0 Å². The maximum absolute atomic E-state index is 12.5. The molecule has 0 aliphatic rings. The molecule has 0 aliphatic heterocycles. The van der Waals surface area contributed by atoms with E-state index < -0.39 is 29.8 Å². The molecule has 156 valence electrons. The van der Waals surface area contributed by atoms with E-state index in [1.807, 2.05) is 30.3 Å². The maximum atomic E-state index is 12.5. The highest BCUT2D eigenvalue weighted by atomic mass is 16.2. The molecule has 9 heteroatoms. The molecule has 30 heavy (non-hydrogen) atoms. The molecule has 0 unspecified atom stereocenters. The lowest BCUT2D eigenvalue weighted by molar-refractivity contribution is -0.138. The van der Waals surface area contributed by atoms with Gasteiger partial charge in [-0.3, -0.25) is 14.4 Å². The van der Waals surface area contributed by atoms with Crippen LogP contribution in [-0.4, -0.2) is 49.6 Å². The highest BCUT2D eigenvalue weighted by Crippen LogP contribution is 2.22. The Morgan fingerprint density at radius 2 is 1.63 bits per heavy atom. The second-order valence-corrected chi connectivity index (χ2v) is 7.25. The molecule has 2 rings (SSSR count). The minimum absolute atomic E-state index is 0.165. The summed E-state index contributed by atoms with van der Waals surface area (Å²) in [6, 6.07) is 10.7. The molecule has 8 nitrogen and oxygen atoms in total. The molecule has 0 heterocycles. The number of aldehydes is 1. The van der Waals surface area contributed by atoms with Gasteiger partial charge < -0.3 is 25.5 Å². The number of anilines is 1. The van der Waals surface area contributed by atoms with Crippen molar-refractivity contribution in [3.8, 4) is 0 Å². The highest BCUT2D eigenvalue weighted by molar-refractivity contribution is 6.59. The molecular weight excluding hydrogens is 385 g/mol. The summed E-state index contributed by atoms with van der Waals surface area (Å²) in [7, 11) is 1.26. The molecule has 2 atom stereocenters. The second kappa shape index (κ2) is 10.3. The van der Waals surface area contributed by atoms with Crippen LogP contribution in [0.15, 0.2) is 42.5 Å². The molecule has 0 aromatic heterocycles. The van der Waals surface area contributed by atoms with Crippen molar-refractivity contribution in [2.24, 2.45) is 5.92 Å². The first-order valence-corrected chi connectivity index (χ1v) is 9.58. The topological polar surface area (TPSA) is 121 Å². The number of rotatable bonds is 8. The third-order valence-corrected chi connectivity index (χ3v) is 4.62. The Morgan fingerprint density at radius 1 is 0.967 bits per heavy atom. The van der Waals surface area contributed by atoms with Gasteiger partial charge in [0, 0.05) is 17.5 Å². The molecular formula is C21H24BN3O5. The van der Waals surface area contributed by atoms with Crippen molar-refractivity contribution < 1.29 is 24.0 Å². The minimum Gasteiger partial charge on any atom is -0.345 e. The van der Waals surface area contributed by atoms with E-state index in [4.69, 9.17) is 0 Å². The lowest BCUT2D eigenvalue weighted by Crippen LogP contribution is -2.55. The number of carbonyl (C=O) groups excluding carboxylic acids is 5. The summed E-state index contributed by atoms with van der Waals surface area (Å²) in [5.74, 6) is -2.89. The van der Waals surface area contributed by atoms with Gasteiger partial charge in [0.1, 0.15) is 18.0 Å². The summed E-state index contributed by atoms with van der Waals surface area (Å²) in [5.41, 5.74) is 0.0967. The van der Waals surface area contributed by atoms with Crippen LogP contribution < -0.4 is 16.0 Å². The molecule has 2 aromatic rings. The summed E-state index contributed by atoms with van der Waals surface area (Å²) >= 11 is 0. The first-order valence-electron chi connectivity index (χ1n) is 9.58. The number of carbonyl (C=O) groups is 5. The van der Waals surface area contributed by atoms with Crippen LogP contribution in [0.3, 0.4) is 0 Å². The van der Waals surface area contributed by atoms with E-state index in [1.165, 1.54) is 7.85 Å². The third kappa shape index (κ3) is 5.76. The molecule has 0 spiro atoms. The van der Waals surface area contributed by atoms with Crippen LogP contribution in [-0.2, 0) is 24.0 Å². The zero-order chi connectivity index (χ0) is 22.3. The van der Waals surface area contributed by atoms with Gasteiger partial charge in [-0.15, -0.1) is 0 Å². The van der Waals surface area contributed by atoms with E-state index in [0.717, 1.165) is 10.8 Å². The molecule has 0 saturated heterocycles. The van der Waals surface area contributed by atoms with Gasteiger partial charge in [0.05, 0.1) is 6.04 Å². The van der Waals surface area contributed by atoms with Gasteiger partial charge in [0.2, 0.25) is 5.91 Å². The molecule has 0 bridgehead atoms. The van der Waals surface area contributed by atoms with Crippen molar-refractivity contribution in [3.05, 3.63) is 42.5 Å². The lowest BCUT2D eigenvalue weighted by atomic mass is 9.92. The van der Waals surface area contributed by atoms with Crippen LogP contribution in [0.1, 0.15) is 20.3 Å². The van der Waals surface area contributed by atoms with Gasteiger partial charge >= 0.3 is 11.8 Å². The Kier molecular flexibility index (Phi) is 7.86. The van der Waals surface area contributed by atoms with Crippen molar-refractivity contribution >= 4 is 54.0 Å². The average Bonchev–Trinajstić information content (AvgIpc) is 2.71. The average molecular weight is 409 g/mol. The van der Waals surface area contributed by atoms with Gasteiger partial charge in [-0.05, 0) is 17.4 Å². The van der Waals surface area contributed by atoms with Crippen LogP contribution in [0, 0.1) is 5.92 Å². The van der Waals surface area contributed by atoms with Gasteiger partial charge in [0.25, 0.3) is 0 Å². The molecule has 3 N–H and O–H groups in total. The Hall–Kier alpha value is -3.49. The summed E-state index contributed by atoms with van der Waals surface area (Å²) in [4.78, 5) is 59.7. The lowest BCUT2D eigenvalue weighted by Gasteiger charge is -2.24. The third-order valence-electron chi connectivity index (χ3n) is 4.62. The quantitative estimate of drug-likeness (QED) is 0.326. The van der Waals surface area contributed by atoms with E-state index in [1.54, 1.807) is 26.0 Å². The fourth-order valence-electron chi connectivity index (χ4n) is 2.94. The first kappa shape index (κ1) is 22.8. The van der Waals surface area contributed by atoms with E-state index in [2.05, 4.69) is 16.0 Å². The molecule has 0 fully saturated rings. The van der Waals surface area contributed by atoms with Crippen molar-refractivity contribution in [3.63, 3.8) is 0 Å². The Labute approximate surface area is 175 Å². The van der Waals surface area contributed by atoms with Gasteiger partial charge in [-0.25, -0.2) is 0 Å². The maximum Gasteiger partial charge on any atom is 0.313 e. The number of nitrogens with one attached hydrogen (secondary N) is 3. The van der Waals surface area contributed by atoms with E-state index in [-0.39, 0.29) is 18.0 Å². The van der Waals surface area contributed by atoms with Gasteiger partial charge in [-0.1, -0.05) is 50.2 Å². The zero-order valence-electron chi connectivity index (χ0n) is 17.1. The number of benzene rings is 2. The summed E-state index contributed by atoms with van der Waals surface area (Å²) < 4.78 is 0. The number of fused-ring (bicyclic) bond motifs is 1. The molecule has 2 aromatic carbocycles. The van der Waals surface area contributed by atoms with E-state index >= 15 is 0 Å². The fourth-order valence-corrected chi connectivity index (χ4v) is 2.94.